The Kier molecular flexibility index (Phi) is 4.33. The van der Waals surface area contributed by atoms with Crippen LogP contribution in [0.5, 0.6) is 0 Å². The van der Waals surface area contributed by atoms with Crippen LogP contribution in [-0.2, 0) is 11.0 Å². The van der Waals surface area contributed by atoms with E-state index in [0.29, 0.717) is 11.8 Å². The molecule has 2 N–H and O–H groups in total. The van der Waals surface area contributed by atoms with Crippen LogP contribution in [0.15, 0.2) is 10.6 Å². The van der Waals surface area contributed by atoms with E-state index in [0.717, 1.165) is 32.1 Å². The molecule has 5 rings (SSSR count). The lowest BCUT2D eigenvalue weighted by molar-refractivity contribution is -0.138. The molecule has 1 aliphatic heterocycles. The third kappa shape index (κ3) is 3.54. The summed E-state index contributed by atoms with van der Waals surface area (Å²) in [5.41, 5.74) is -0.222. The lowest BCUT2D eigenvalue weighted by atomic mass is 9.93. The van der Waals surface area contributed by atoms with Crippen LogP contribution in [-0.4, -0.2) is 50.3 Å². The largest absolute Gasteiger partial charge is 0.419 e. The van der Waals surface area contributed by atoms with Gasteiger partial charge >= 0.3 is 12.2 Å². The van der Waals surface area contributed by atoms with Gasteiger partial charge < -0.3 is 14.6 Å². The molecule has 3 atom stereocenters. The number of rotatable bonds is 5. The number of halogens is 3. The molecule has 11 heteroatoms. The average molecular weight is 428 g/mol. The van der Waals surface area contributed by atoms with E-state index in [1.165, 1.54) is 12.8 Å². The zero-order valence-corrected chi connectivity index (χ0v) is 16.5. The second-order valence-corrected chi connectivity index (χ2v) is 8.78. The topological polar surface area (TPSA) is 99.9 Å². The van der Waals surface area contributed by atoms with Crippen molar-refractivity contribution in [2.24, 2.45) is 5.41 Å². The van der Waals surface area contributed by atoms with Gasteiger partial charge in [0.05, 0.1) is 17.5 Å². The average Bonchev–Trinajstić information content (AvgIpc) is 3.54. The number of aromatic amines is 1. The first kappa shape index (κ1) is 19.4. The highest BCUT2D eigenvalue weighted by atomic mass is 19.4. The lowest BCUT2D eigenvalue weighted by Gasteiger charge is -2.33. The molecule has 3 fully saturated rings. The number of anilines is 1. The maximum absolute atomic E-state index is 13.1. The Labute approximate surface area is 173 Å². The zero-order valence-electron chi connectivity index (χ0n) is 16.5. The van der Waals surface area contributed by atoms with Crippen molar-refractivity contribution in [3.63, 3.8) is 0 Å². The summed E-state index contributed by atoms with van der Waals surface area (Å²) in [6.45, 7) is 3.29. The van der Waals surface area contributed by atoms with Crippen molar-refractivity contribution in [1.29, 1.82) is 0 Å². The number of H-pyrrole nitrogens is 1. The van der Waals surface area contributed by atoms with E-state index in [2.05, 4.69) is 25.7 Å². The van der Waals surface area contributed by atoms with Crippen LogP contribution in [0.1, 0.15) is 70.9 Å². The number of nitrogens with one attached hydrogen (secondary N) is 2. The maximum atomic E-state index is 13.1. The predicted molar refractivity (Wildman–Crippen MR) is 103 cm³/mol. The van der Waals surface area contributed by atoms with E-state index in [-0.39, 0.29) is 38.2 Å². The Hall–Kier alpha value is -2.59. The number of hydrogen-bond acceptors (Lipinski definition) is 6. The molecule has 1 spiro atoms. The molecule has 3 aliphatic rings. The monoisotopic (exact) mass is 428 g/mol. The van der Waals surface area contributed by atoms with Crippen LogP contribution in [0.3, 0.4) is 0 Å². The Morgan fingerprint density at radius 1 is 1.30 bits per heavy atom. The molecule has 0 bridgehead atoms. The van der Waals surface area contributed by atoms with Gasteiger partial charge in [0.2, 0.25) is 11.8 Å². The van der Waals surface area contributed by atoms with Crippen molar-refractivity contribution < 1.29 is 25.2 Å². The second-order valence-electron chi connectivity index (χ2n) is 8.78. The van der Waals surface area contributed by atoms with Gasteiger partial charge in [-0.25, -0.2) is 0 Å². The minimum atomic E-state index is -4.46. The SMILES string of the molecule is C[C@@H](Nc1nnc([C@H]2C[C@@H]2c2[nH]ncc2C(F)(F)F)o1)C(=O)N1CCC2(CC1)CC2.[HH].[HH]. The molecule has 2 aliphatic carbocycles. The molecule has 2 aromatic heterocycles. The van der Waals surface area contributed by atoms with Gasteiger partial charge in [-0.15, -0.1) is 5.10 Å². The summed E-state index contributed by atoms with van der Waals surface area (Å²) < 4.78 is 44.8. The number of aromatic nitrogens is 4. The molecule has 0 unspecified atom stereocenters. The number of carbonyl (C=O) groups is 1. The summed E-state index contributed by atoms with van der Waals surface area (Å²) in [7, 11) is 0. The van der Waals surface area contributed by atoms with Crippen LogP contribution in [0.4, 0.5) is 19.2 Å². The molecule has 166 valence electrons. The highest BCUT2D eigenvalue weighted by Crippen LogP contribution is 2.56. The highest BCUT2D eigenvalue weighted by molar-refractivity contribution is 5.83. The molecule has 1 saturated heterocycles. The van der Waals surface area contributed by atoms with Crippen molar-refractivity contribution in [2.75, 3.05) is 18.4 Å². The van der Waals surface area contributed by atoms with Crippen molar-refractivity contribution in [3.05, 3.63) is 23.3 Å². The number of hydrogen-bond donors (Lipinski definition) is 2. The molecule has 2 saturated carbocycles. The van der Waals surface area contributed by atoms with Gasteiger partial charge in [0.25, 0.3) is 0 Å². The molecule has 1 amide bonds. The first-order valence-corrected chi connectivity index (χ1v) is 10.2. The van der Waals surface area contributed by atoms with Gasteiger partial charge in [-0.05, 0) is 44.4 Å². The number of nitrogens with zero attached hydrogens (tertiary/aromatic N) is 4. The number of likely N-dealkylation sites (tertiary alicyclic amines) is 1. The van der Waals surface area contributed by atoms with Crippen molar-refractivity contribution in [3.8, 4) is 0 Å². The number of carbonyl (C=O) groups excluding carboxylic acids is 1. The fraction of sp³-hybridized carbons (Fsp3) is 0.684. The Morgan fingerprint density at radius 3 is 2.70 bits per heavy atom. The van der Waals surface area contributed by atoms with E-state index in [1.54, 1.807) is 6.92 Å². The van der Waals surface area contributed by atoms with Crippen molar-refractivity contribution in [2.45, 2.75) is 63.1 Å². The summed E-state index contributed by atoms with van der Waals surface area (Å²) in [4.78, 5) is 14.5. The summed E-state index contributed by atoms with van der Waals surface area (Å²) in [5, 5.41) is 16.8. The van der Waals surface area contributed by atoms with E-state index in [1.807, 2.05) is 4.90 Å². The summed E-state index contributed by atoms with van der Waals surface area (Å²) >= 11 is 0. The van der Waals surface area contributed by atoms with Gasteiger partial charge in [0, 0.05) is 27.8 Å². The van der Waals surface area contributed by atoms with E-state index in [4.69, 9.17) is 4.42 Å². The normalized spacial score (nSPS) is 25.9. The van der Waals surface area contributed by atoms with E-state index in [9.17, 15) is 18.0 Å². The fourth-order valence-electron chi connectivity index (χ4n) is 4.43. The number of alkyl halides is 3. The first-order valence-electron chi connectivity index (χ1n) is 10.2. The molecular weight excluding hydrogens is 401 g/mol. The molecule has 30 heavy (non-hydrogen) atoms. The van der Waals surface area contributed by atoms with Gasteiger partial charge in [-0.3, -0.25) is 9.89 Å². The number of amides is 1. The molecule has 3 heterocycles. The van der Waals surface area contributed by atoms with Gasteiger partial charge in [0.1, 0.15) is 6.04 Å². The Bertz CT molecular complexity index is 951. The zero-order chi connectivity index (χ0) is 21.1. The van der Waals surface area contributed by atoms with Gasteiger partial charge in [-0.2, -0.15) is 18.3 Å². The van der Waals surface area contributed by atoms with Crippen LogP contribution < -0.4 is 5.32 Å². The molecule has 8 nitrogen and oxygen atoms in total. The Morgan fingerprint density at radius 2 is 2.03 bits per heavy atom. The summed E-state index contributed by atoms with van der Waals surface area (Å²) in [6.07, 6.45) is 1.48. The smallest absolute Gasteiger partial charge is 0.408 e. The molecule has 2 aromatic rings. The number of piperidine rings is 1. The summed E-state index contributed by atoms with van der Waals surface area (Å²) in [5.74, 6) is -0.433. The van der Waals surface area contributed by atoms with Crippen LogP contribution in [0.25, 0.3) is 0 Å². The van der Waals surface area contributed by atoms with Crippen molar-refractivity contribution in [1.82, 2.24) is 25.3 Å². The van der Waals surface area contributed by atoms with Crippen molar-refractivity contribution >= 4 is 11.9 Å². The minimum Gasteiger partial charge on any atom is -0.408 e. The van der Waals surface area contributed by atoms with Gasteiger partial charge in [0.15, 0.2) is 0 Å². The third-order valence-electron chi connectivity index (χ3n) is 6.70. The second kappa shape index (κ2) is 6.71. The van der Waals surface area contributed by atoms with Crippen LogP contribution in [0.2, 0.25) is 0 Å². The van der Waals surface area contributed by atoms with Crippen LogP contribution >= 0.6 is 0 Å². The third-order valence-corrected chi connectivity index (χ3v) is 6.70. The minimum absolute atomic E-state index is 0. The predicted octanol–water partition coefficient (Wildman–Crippen LogP) is 3.78. The van der Waals surface area contributed by atoms with Gasteiger partial charge in [-0.1, -0.05) is 5.10 Å². The first-order chi connectivity index (χ1) is 14.3. The van der Waals surface area contributed by atoms with Crippen LogP contribution in [0, 0.1) is 5.41 Å². The fourth-order valence-corrected chi connectivity index (χ4v) is 4.43. The lowest BCUT2D eigenvalue weighted by Crippen LogP contribution is -2.45. The quantitative estimate of drug-likeness (QED) is 0.752. The Balaban J connectivity index is 0.00000144. The molecule has 0 aromatic carbocycles. The maximum Gasteiger partial charge on any atom is 0.419 e. The molecule has 0 radical (unpaired) electrons. The standard InChI is InChI=1S/C19H23F3N6O2.2H2/c1-10(16(29)28-6-4-18(2-3-18)5-7-28)24-17-27-26-15(30-17)12-8-11(12)14-13(9-23-25-14)19(20,21)22;;/h9-12H,2-8H2,1H3,(H,23,25)(H,24,27);2*1H/t10-,11+,12+;;/m1../s1. The van der Waals surface area contributed by atoms with E-state index < -0.39 is 17.8 Å². The molecular formula is C19H27F3N6O2. The summed E-state index contributed by atoms with van der Waals surface area (Å²) in [6, 6.07) is -0.418. The van der Waals surface area contributed by atoms with E-state index >= 15 is 0 Å². The highest BCUT2D eigenvalue weighted by Gasteiger charge is 2.49.